The predicted molar refractivity (Wildman–Crippen MR) is 62.2 cm³/mol. The van der Waals surface area contributed by atoms with Crippen LogP contribution in [0.1, 0.15) is 39.0 Å². The van der Waals surface area contributed by atoms with Crippen molar-refractivity contribution in [3.8, 4) is 0 Å². The summed E-state index contributed by atoms with van der Waals surface area (Å²) in [5, 5.41) is 6.41. The predicted octanol–water partition coefficient (Wildman–Crippen LogP) is 0.814. The van der Waals surface area contributed by atoms with Gasteiger partial charge >= 0.3 is 0 Å². The van der Waals surface area contributed by atoms with Crippen molar-refractivity contribution in [1.29, 1.82) is 0 Å². The fourth-order valence-corrected chi connectivity index (χ4v) is 2.51. The van der Waals surface area contributed by atoms with Gasteiger partial charge in [0.1, 0.15) is 5.60 Å². The first-order valence-corrected chi connectivity index (χ1v) is 6.36. The van der Waals surface area contributed by atoms with Gasteiger partial charge in [0.05, 0.1) is 0 Å². The molecule has 0 aromatic carbocycles. The molecule has 0 spiro atoms. The second kappa shape index (κ2) is 5.15. The molecule has 1 amide bonds. The lowest BCUT2D eigenvalue weighted by Gasteiger charge is -2.22. The number of ether oxygens (including phenoxy) is 1. The van der Waals surface area contributed by atoms with E-state index >= 15 is 0 Å². The lowest BCUT2D eigenvalue weighted by atomic mass is 10.0. The van der Waals surface area contributed by atoms with Crippen LogP contribution < -0.4 is 10.6 Å². The van der Waals surface area contributed by atoms with Crippen LogP contribution in [0.4, 0.5) is 0 Å². The Hall–Kier alpha value is -0.610. The molecule has 4 heteroatoms. The highest BCUT2D eigenvalue weighted by Gasteiger charge is 2.37. The minimum absolute atomic E-state index is 0.0583. The second-order valence-electron chi connectivity index (χ2n) is 5.02. The maximum Gasteiger partial charge on any atom is 0.251 e. The summed E-state index contributed by atoms with van der Waals surface area (Å²) in [4.78, 5) is 11.9. The SMILES string of the molecule is CC1(C(=O)NCCC2CCCN2)CCCO1. The van der Waals surface area contributed by atoms with Gasteiger partial charge in [0.2, 0.25) is 0 Å². The van der Waals surface area contributed by atoms with Crippen LogP contribution in [-0.2, 0) is 9.53 Å². The molecule has 0 radical (unpaired) electrons. The topological polar surface area (TPSA) is 50.4 Å². The fourth-order valence-electron chi connectivity index (χ4n) is 2.51. The van der Waals surface area contributed by atoms with Crippen molar-refractivity contribution in [3.63, 3.8) is 0 Å². The van der Waals surface area contributed by atoms with Gasteiger partial charge in [0, 0.05) is 19.2 Å². The molecule has 0 aromatic rings. The zero-order valence-corrected chi connectivity index (χ0v) is 10.1. The molecule has 0 saturated carbocycles. The molecule has 2 heterocycles. The summed E-state index contributed by atoms with van der Waals surface area (Å²) in [6, 6.07) is 0.595. The molecular weight excluding hydrogens is 204 g/mol. The summed E-state index contributed by atoms with van der Waals surface area (Å²) in [6.07, 6.45) is 5.37. The molecule has 0 bridgehead atoms. The zero-order valence-electron chi connectivity index (χ0n) is 10.1. The largest absolute Gasteiger partial charge is 0.365 e. The average Bonchev–Trinajstić information content (AvgIpc) is 2.90. The molecule has 0 aromatic heterocycles. The first-order chi connectivity index (χ1) is 7.71. The zero-order chi connectivity index (χ0) is 11.4. The summed E-state index contributed by atoms with van der Waals surface area (Å²) in [6.45, 7) is 4.49. The molecule has 2 N–H and O–H groups in total. The van der Waals surface area contributed by atoms with Gasteiger partial charge in [-0.25, -0.2) is 0 Å². The summed E-state index contributed by atoms with van der Waals surface area (Å²) >= 11 is 0. The smallest absolute Gasteiger partial charge is 0.251 e. The molecule has 2 fully saturated rings. The summed E-state index contributed by atoms with van der Waals surface area (Å²) in [5.74, 6) is 0.0583. The van der Waals surface area contributed by atoms with Crippen LogP contribution in [-0.4, -0.2) is 37.2 Å². The Morgan fingerprint density at radius 3 is 3.06 bits per heavy atom. The van der Waals surface area contributed by atoms with E-state index in [4.69, 9.17) is 4.74 Å². The van der Waals surface area contributed by atoms with Crippen LogP contribution in [0.25, 0.3) is 0 Å². The highest BCUT2D eigenvalue weighted by Crippen LogP contribution is 2.24. The Kier molecular flexibility index (Phi) is 3.82. The number of carbonyl (C=O) groups excluding carboxylic acids is 1. The number of nitrogens with one attached hydrogen (secondary N) is 2. The number of hydrogen-bond donors (Lipinski definition) is 2. The number of amides is 1. The Balaban J connectivity index is 1.67. The minimum atomic E-state index is -0.566. The molecule has 2 rings (SSSR count). The quantitative estimate of drug-likeness (QED) is 0.746. The Labute approximate surface area is 97.1 Å². The monoisotopic (exact) mass is 226 g/mol. The van der Waals surface area contributed by atoms with E-state index in [1.54, 1.807) is 0 Å². The van der Waals surface area contributed by atoms with Gasteiger partial charge in [0.25, 0.3) is 5.91 Å². The third-order valence-corrected chi connectivity index (χ3v) is 3.64. The number of rotatable bonds is 4. The maximum absolute atomic E-state index is 11.9. The van der Waals surface area contributed by atoms with E-state index < -0.39 is 5.60 Å². The Morgan fingerprint density at radius 2 is 2.44 bits per heavy atom. The van der Waals surface area contributed by atoms with Crippen LogP contribution in [0, 0.1) is 0 Å². The van der Waals surface area contributed by atoms with E-state index in [0.717, 1.165) is 32.4 Å². The van der Waals surface area contributed by atoms with Crippen LogP contribution in [0.5, 0.6) is 0 Å². The van der Waals surface area contributed by atoms with Crippen molar-refractivity contribution in [2.75, 3.05) is 19.7 Å². The summed E-state index contributed by atoms with van der Waals surface area (Å²) in [7, 11) is 0. The highest BCUT2D eigenvalue weighted by molar-refractivity contribution is 5.84. The van der Waals surface area contributed by atoms with Crippen molar-refractivity contribution in [3.05, 3.63) is 0 Å². The number of carbonyl (C=O) groups is 1. The highest BCUT2D eigenvalue weighted by atomic mass is 16.5. The van der Waals surface area contributed by atoms with Crippen molar-refractivity contribution in [2.24, 2.45) is 0 Å². The van der Waals surface area contributed by atoms with Gasteiger partial charge in [-0.15, -0.1) is 0 Å². The maximum atomic E-state index is 11.9. The van der Waals surface area contributed by atoms with Crippen molar-refractivity contribution in [2.45, 2.75) is 50.7 Å². The standard InChI is InChI=1S/C12H22N2O2/c1-12(6-3-9-16-12)11(15)14-8-5-10-4-2-7-13-10/h10,13H,2-9H2,1H3,(H,14,15). The van der Waals surface area contributed by atoms with E-state index in [2.05, 4.69) is 10.6 Å². The van der Waals surface area contributed by atoms with E-state index in [1.165, 1.54) is 12.8 Å². The fraction of sp³-hybridized carbons (Fsp3) is 0.917. The first kappa shape index (κ1) is 11.9. The number of hydrogen-bond acceptors (Lipinski definition) is 3. The van der Waals surface area contributed by atoms with Gasteiger partial charge in [-0.05, 0) is 45.6 Å². The van der Waals surface area contributed by atoms with Crippen LogP contribution in [0.15, 0.2) is 0 Å². The molecule has 0 aliphatic carbocycles. The summed E-state index contributed by atoms with van der Waals surface area (Å²) in [5.41, 5.74) is -0.566. The van der Waals surface area contributed by atoms with Gasteiger partial charge in [-0.1, -0.05) is 0 Å². The molecule has 2 aliphatic heterocycles. The van der Waals surface area contributed by atoms with Crippen LogP contribution in [0.2, 0.25) is 0 Å². The van der Waals surface area contributed by atoms with E-state index in [9.17, 15) is 4.79 Å². The average molecular weight is 226 g/mol. The molecule has 2 aliphatic rings. The minimum Gasteiger partial charge on any atom is -0.365 e. The summed E-state index contributed by atoms with van der Waals surface area (Å²) < 4.78 is 5.50. The van der Waals surface area contributed by atoms with Crippen molar-refractivity contribution >= 4 is 5.91 Å². The molecule has 2 unspecified atom stereocenters. The van der Waals surface area contributed by atoms with Gasteiger partial charge < -0.3 is 15.4 Å². The molecule has 4 nitrogen and oxygen atoms in total. The first-order valence-electron chi connectivity index (χ1n) is 6.36. The molecule has 16 heavy (non-hydrogen) atoms. The van der Waals surface area contributed by atoms with Gasteiger partial charge in [-0.3, -0.25) is 4.79 Å². The van der Waals surface area contributed by atoms with Crippen molar-refractivity contribution in [1.82, 2.24) is 10.6 Å². The Morgan fingerprint density at radius 1 is 1.56 bits per heavy atom. The third-order valence-electron chi connectivity index (χ3n) is 3.64. The van der Waals surface area contributed by atoms with E-state index in [0.29, 0.717) is 12.6 Å². The van der Waals surface area contributed by atoms with Crippen LogP contribution >= 0.6 is 0 Å². The van der Waals surface area contributed by atoms with Crippen molar-refractivity contribution < 1.29 is 9.53 Å². The lowest BCUT2D eigenvalue weighted by molar-refractivity contribution is -0.139. The molecule has 2 atom stereocenters. The molecule has 2 saturated heterocycles. The van der Waals surface area contributed by atoms with E-state index in [1.807, 2.05) is 6.92 Å². The Bertz CT molecular complexity index is 243. The normalized spacial score (nSPS) is 34.2. The second-order valence-corrected chi connectivity index (χ2v) is 5.02. The lowest BCUT2D eigenvalue weighted by Crippen LogP contribution is -2.45. The third kappa shape index (κ3) is 2.74. The molecular formula is C12H22N2O2. The van der Waals surface area contributed by atoms with E-state index in [-0.39, 0.29) is 5.91 Å². The molecule has 92 valence electrons. The van der Waals surface area contributed by atoms with Gasteiger partial charge in [-0.2, -0.15) is 0 Å². The van der Waals surface area contributed by atoms with Crippen LogP contribution in [0.3, 0.4) is 0 Å². The van der Waals surface area contributed by atoms with Gasteiger partial charge in [0.15, 0.2) is 0 Å².